The molecule has 0 bridgehead atoms. The first-order valence-electron chi connectivity index (χ1n) is 11.3. The van der Waals surface area contributed by atoms with Gasteiger partial charge in [-0.05, 0) is 50.3 Å². The molecule has 1 amide bonds. The number of carbonyl (C=O) groups is 1. The third-order valence-corrected chi connectivity index (χ3v) is 6.76. The molecule has 2 aromatic rings. The predicted molar refractivity (Wildman–Crippen MR) is 132 cm³/mol. The molecule has 4 rings (SSSR count). The first-order chi connectivity index (χ1) is 14.6. The second kappa shape index (κ2) is 12.0. The molecule has 2 heterocycles. The molecule has 2 aliphatic rings. The summed E-state index contributed by atoms with van der Waals surface area (Å²) in [7, 11) is 0. The van der Waals surface area contributed by atoms with E-state index < -0.39 is 5.60 Å². The van der Waals surface area contributed by atoms with Gasteiger partial charge < -0.3 is 10.4 Å². The van der Waals surface area contributed by atoms with E-state index in [0.29, 0.717) is 0 Å². The second-order valence-electron chi connectivity index (χ2n) is 8.91. The van der Waals surface area contributed by atoms with Gasteiger partial charge in [-0.2, -0.15) is 0 Å². The number of halogens is 2. The molecule has 1 aliphatic heterocycles. The second-order valence-corrected chi connectivity index (χ2v) is 8.91. The lowest BCUT2D eigenvalue weighted by Gasteiger charge is -2.37. The van der Waals surface area contributed by atoms with Crippen molar-refractivity contribution in [1.29, 1.82) is 0 Å². The Kier molecular flexibility index (Phi) is 9.96. The molecule has 0 radical (unpaired) electrons. The molecule has 2 N–H and O–H groups in total. The molecule has 1 aromatic carbocycles. The summed E-state index contributed by atoms with van der Waals surface area (Å²) in [6, 6.07) is 15.8. The lowest BCUT2D eigenvalue weighted by Crippen LogP contribution is -2.54. The lowest BCUT2D eigenvalue weighted by molar-refractivity contribution is -0.148. The fraction of sp³-hybridized carbons (Fsp3) is 0.520. The van der Waals surface area contributed by atoms with Crippen LogP contribution >= 0.6 is 24.8 Å². The average Bonchev–Trinajstić information content (AvgIpc) is 3.31. The molecule has 1 atom stereocenters. The number of amides is 1. The largest absolute Gasteiger partial charge is 0.375 e. The van der Waals surface area contributed by atoms with Crippen molar-refractivity contribution in [2.75, 3.05) is 13.1 Å². The molecule has 176 valence electrons. The fourth-order valence-electron chi connectivity index (χ4n) is 5.04. The number of nitrogens with one attached hydrogen (secondary N) is 1. The molecule has 1 aromatic heterocycles. The number of benzene rings is 1. The minimum atomic E-state index is -1.43. The van der Waals surface area contributed by atoms with Gasteiger partial charge in [0.15, 0.2) is 5.60 Å². The van der Waals surface area contributed by atoms with Gasteiger partial charge >= 0.3 is 0 Å². The van der Waals surface area contributed by atoms with Crippen LogP contribution in [0.25, 0.3) is 0 Å². The number of pyridine rings is 1. The van der Waals surface area contributed by atoms with Crippen molar-refractivity contribution in [2.24, 2.45) is 5.92 Å². The van der Waals surface area contributed by atoms with Gasteiger partial charge in [-0.3, -0.25) is 14.7 Å². The monoisotopic (exact) mass is 479 g/mol. The number of aryl methyl sites for hydroxylation is 1. The maximum atomic E-state index is 13.3. The van der Waals surface area contributed by atoms with Crippen molar-refractivity contribution in [2.45, 2.75) is 63.6 Å². The normalized spacial score (nSPS) is 19.4. The average molecular weight is 480 g/mol. The van der Waals surface area contributed by atoms with E-state index in [0.717, 1.165) is 75.1 Å². The highest BCUT2D eigenvalue weighted by Crippen LogP contribution is 2.41. The Morgan fingerprint density at radius 1 is 1.03 bits per heavy atom. The Bertz CT molecular complexity index is 853. The van der Waals surface area contributed by atoms with Gasteiger partial charge in [0.05, 0.1) is 5.69 Å². The molecule has 5 nitrogen and oxygen atoms in total. The zero-order valence-corrected chi connectivity index (χ0v) is 20.3. The molecule has 0 spiro atoms. The summed E-state index contributed by atoms with van der Waals surface area (Å²) in [5.74, 6) is -0.230. The smallest absolute Gasteiger partial charge is 0.257 e. The Morgan fingerprint density at radius 2 is 1.69 bits per heavy atom. The molecule has 1 saturated heterocycles. The zero-order valence-electron chi connectivity index (χ0n) is 18.7. The van der Waals surface area contributed by atoms with Gasteiger partial charge in [0.2, 0.25) is 0 Å². The third kappa shape index (κ3) is 6.02. The van der Waals surface area contributed by atoms with Crippen LogP contribution in [0.3, 0.4) is 0 Å². The van der Waals surface area contributed by atoms with Crippen molar-refractivity contribution in [3.63, 3.8) is 0 Å². The molecule has 0 unspecified atom stereocenters. The van der Waals surface area contributed by atoms with E-state index in [1.54, 1.807) is 0 Å². The number of carbonyl (C=O) groups excluding carboxylic acids is 1. The molecule has 1 saturated carbocycles. The number of rotatable bonds is 6. The van der Waals surface area contributed by atoms with Gasteiger partial charge in [0, 0.05) is 37.3 Å². The Hall–Kier alpha value is -1.66. The summed E-state index contributed by atoms with van der Waals surface area (Å²) in [4.78, 5) is 20.3. The van der Waals surface area contributed by atoms with Crippen LogP contribution in [0.4, 0.5) is 0 Å². The third-order valence-electron chi connectivity index (χ3n) is 6.76. The van der Waals surface area contributed by atoms with E-state index in [-0.39, 0.29) is 42.7 Å². The van der Waals surface area contributed by atoms with Crippen molar-refractivity contribution >= 4 is 30.7 Å². The van der Waals surface area contributed by atoms with E-state index in [1.165, 1.54) is 0 Å². The Labute approximate surface area is 203 Å². The number of aliphatic hydroxyl groups is 1. The highest BCUT2D eigenvalue weighted by Gasteiger charge is 2.46. The number of nitrogens with zero attached hydrogens (tertiary/aromatic N) is 2. The summed E-state index contributed by atoms with van der Waals surface area (Å²) in [6.45, 7) is 4.71. The molecular weight excluding hydrogens is 445 g/mol. The molecule has 1 aliphatic carbocycles. The van der Waals surface area contributed by atoms with Crippen molar-refractivity contribution < 1.29 is 9.90 Å². The van der Waals surface area contributed by atoms with Crippen LogP contribution in [0.2, 0.25) is 0 Å². The van der Waals surface area contributed by atoms with Gasteiger partial charge in [-0.15, -0.1) is 24.8 Å². The maximum absolute atomic E-state index is 13.3. The highest BCUT2D eigenvalue weighted by molar-refractivity contribution is 5.87. The van der Waals surface area contributed by atoms with Crippen molar-refractivity contribution in [1.82, 2.24) is 15.2 Å². The molecule has 7 heteroatoms. The summed E-state index contributed by atoms with van der Waals surface area (Å²) in [6.07, 6.45) is 5.76. The summed E-state index contributed by atoms with van der Waals surface area (Å²) in [5.41, 5.74) is 1.43. The number of aromatic nitrogens is 1. The zero-order chi connectivity index (χ0) is 21.0. The minimum Gasteiger partial charge on any atom is -0.375 e. The highest BCUT2D eigenvalue weighted by atomic mass is 35.5. The maximum Gasteiger partial charge on any atom is 0.257 e. The van der Waals surface area contributed by atoms with Gasteiger partial charge in [0.25, 0.3) is 5.91 Å². The number of likely N-dealkylation sites (tertiary alicyclic amines) is 1. The standard InChI is InChI=1S/C25H33N3O2.2ClH/c1-19-8-7-13-23(26-19)18-28-16-14-22(15-17-28)27-24(29)25(30,21-11-5-6-12-21)20-9-3-2-4-10-20;;/h2-4,7-10,13,21-22,30H,5-6,11-12,14-18H2,1H3,(H,27,29);2*1H/t25-;;/m0../s1. The fourth-order valence-corrected chi connectivity index (χ4v) is 5.04. The lowest BCUT2D eigenvalue weighted by atomic mass is 9.79. The van der Waals surface area contributed by atoms with Crippen LogP contribution < -0.4 is 5.32 Å². The number of hydrogen-bond donors (Lipinski definition) is 2. The van der Waals surface area contributed by atoms with Gasteiger partial charge in [-0.25, -0.2) is 0 Å². The van der Waals surface area contributed by atoms with E-state index >= 15 is 0 Å². The van der Waals surface area contributed by atoms with Gasteiger partial charge in [0.1, 0.15) is 0 Å². The SMILES string of the molecule is Cc1cccc(CN2CCC(NC(=O)[C@](O)(c3ccccc3)C3CCCC3)CC2)n1.Cl.Cl. The topological polar surface area (TPSA) is 65.5 Å². The minimum absolute atomic E-state index is 0. The van der Waals surface area contributed by atoms with Crippen molar-refractivity contribution in [3.8, 4) is 0 Å². The molecule has 2 fully saturated rings. The van der Waals surface area contributed by atoms with Crippen LogP contribution in [0.15, 0.2) is 48.5 Å². The van der Waals surface area contributed by atoms with Crippen LogP contribution in [-0.4, -0.2) is 40.0 Å². The summed E-state index contributed by atoms with van der Waals surface area (Å²) < 4.78 is 0. The molecular formula is C25H35Cl2N3O2. The first-order valence-corrected chi connectivity index (χ1v) is 11.3. The predicted octanol–water partition coefficient (Wildman–Crippen LogP) is 4.39. The first kappa shape index (κ1) is 26.6. The quantitative estimate of drug-likeness (QED) is 0.644. The van der Waals surface area contributed by atoms with E-state index in [9.17, 15) is 9.90 Å². The molecule has 32 heavy (non-hydrogen) atoms. The number of piperidine rings is 1. The van der Waals surface area contributed by atoms with Crippen LogP contribution in [-0.2, 0) is 16.9 Å². The van der Waals surface area contributed by atoms with E-state index in [1.807, 2.05) is 43.3 Å². The number of hydrogen-bond acceptors (Lipinski definition) is 4. The van der Waals surface area contributed by atoms with E-state index in [4.69, 9.17) is 0 Å². The summed E-state index contributed by atoms with van der Waals surface area (Å²) >= 11 is 0. The van der Waals surface area contributed by atoms with Gasteiger partial charge in [-0.1, -0.05) is 49.2 Å². The Morgan fingerprint density at radius 3 is 2.31 bits per heavy atom. The van der Waals surface area contributed by atoms with Crippen molar-refractivity contribution in [3.05, 3.63) is 65.5 Å². The van der Waals surface area contributed by atoms with Crippen LogP contribution in [0.5, 0.6) is 0 Å². The van der Waals surface area contributed by atoms with E-state index in [2.05, 4.69) is 27.3 Å². The van der Waals surface area contributed by atoms with Crippen LogP contribution in [0.1, 0.15) is 55.5 Å². The summed E-state index contributed by atoms with van der Waals surface area (Å²) in [5, 5.41) is 14.8. The Balaban J connectivity index is 0.00000181. The van der Waals surface area contributed by atoms with Crippen LogP contribution in [0, 0.1) is 12.8 Å².